The van der Waals surface area contributed by atoms with Crippen LogP contribution >= 0.6 is 23.2 Å². The first kappa shape index (κ1) is 19.8. The molecular weight excluding hydrogens is 411 g/mol. The fourth-order valence-corrected chi connectivity index (χ4v) is 4.08. The first-order chi connectivity index (χ1) is 14.0. The maximum absolute atomic E-state index is 6.52. The largest absolute Gasteiger partial charge is 0.490 e. The fraction of sp³-hybridized carbons (Fsp3) is 0.300. The third-order valence-electron chi connectivity index (χ3n) is 4.91. The van der Waals surface area contributed by atoms with Crippen LogP contribution in [0.4, 0.5) is 17.6 Å². The van der Waals surface area contributed by atoms with Crippen LogP contribution in [0.3, 0.4) is 0 Å². The van der Waals surface area contributed by atoms with E-state index in [1.807, 2.05) is 24.3 Å². The number of likely N-dealkylation sites (tertiary alicyclic amines) is 1. The second-order valence-electron chi connectivity index (χ2n) is 7.13. The molecule has 1 fully saturated rings. The average molecular weight is 433 g/mol. The molecule has 0 saturated carbocycles. The lowest BCUT2D eigenvalue weighted by Gasteiger charge is -2.29. The van der Waals surface area contributed by atoms with Gasteiger partial charge < -0.3 is 20.7 Å². The number of anilines is 3. The van der Waals surface area contributed by atoms with Gasteiger partial charge in [-0.3, -0.25) is 0 Å². The van der Waals surface area contributed by atoms with Crippen molar-refractivity contribution in [1.82, 2.24) is 20.1 Å². The van der Waals surface area contributed by atoms with Crippen molar-refractivity contribution < 1.29 is 4.74 Å². The Bertz CT molecular complexity index is 960. The predicted octanol–water partition coefficient (Wildman–Crippen LogP) is 4.58. The Hall–Kier alpha value is -2.48. The van der Waals surface area contributed by atoms with Gasteiger partial charge in [-0.15, -0.1) is 5.10 Å². The summed E-state index contributed by atoms with van der Waals surface area (Å²) >= 11 is 13.0. The smallest absolute Gasteiger partial charge is 0.248 e. The summed E-state index contributed by atoms with van der Waals surface area (Å²) < 4.78 is 6.11. The molecule has 0 amide bonds. The number of H-pyrrole nitrogens is 1. The van der Waals surface area contributed by atoms with Crippen molar-refractivity contribution in [3.63, 3.8) is 0 Å². The van der Waals surface area contributed by atoms with E-state index in [1.54, 1.807) is 12.1 Å². The Labute approximate surface area is 179 Å². The van der Waals surface area contributed by atoms with Gasteiger partial charge in [0.2, 0.25) is 11.9 Å². The van der Waals surface area contributed by atoms with Crippen molar-refractivity contribution >= 4 is 40.8 Å². The molecule has 2 aromatic carbocycles. The topological polar surface area (TPSA) is 92.1 Å². The summed E-state index contributed by atoms with van der Waals surface area (Å²) in [6.45, 7) is 2.13. The minimum Gasteiger partial charge on any atom is -0.490 e. The molecule has 0 atom stereocenters. The van der Waals surface area contributed by atoms with E-state index in [-0.39, 0.29) is 12.1 Å². The van der Waals surface area contributed by atoms with Crippen LogP contribution < -0.4 is 15.8 Å². The molecule has 1 aromatic heterocycles. The highest BCUT2D eigenvalue weighted by Gasteiger charge is 2.18. The molecule has 4 N–H and O–H groups in total. The third-order valence-corrected chi connectivity index (χ3v) is 5.51. The Balaban J connectivity index is 1.49. The van der Waals surface area contributed by atoms with Crippen molar-refractivity contribution in [1.29, 1.82) is 0 Å². The minimum atomic E-state index is 0.226. The normalized spacial score (nSPS) is 15.4. The van der Waals surface area contributed by atoms with E-state index in [9.17, 15) is 0 Å². The summed E-state index contributed by atoms with van der Waals surface area (Å²) in [5.41, 5.74) is 7.89. The number of nitrogens with one attached hydrogen (secondary N) is 2. The van der Waals surface area contributed by atoms with Gasteiger partial charge in [0.1, 0.15) is 11.9 Å². The molecule has 9 heteroatoms. The van der Waals surface area contributed by atoms with Crippen molar-refractivity contribution in [2.24, 2.45) is 0 Å². The van der Waals surface area contributed by atoms with Gasteiger partial charge >= 0.3 is 0 Å². The highest BCUT2D eigenvalue weighted by molar-refractivity contribution is 6.39. The predicted molar refractivity (Wildman–Crippen MR) is 117 cm³/mol. The molecule has 7 nitrogen and oxygen atoms in total. The van der Waals surface area contributed by atoms with Gasteiger partial charge in [0, 0.05) is 24.3 Å². The lowest BCUT2D eigenvalue weighted by Crippen LogP contribution is -2.35. The lowest BCUT2D eigenvalue weighted by molar-refractivity contribution is 0.114. The zero-order valence-electron chi connectivity index (χ0n) is 16.0. The van der Waals surface area contributed by atoms with Gasteiger partial charge in [-0.25, -0.2) is 5.10 Å². The summed E-state index contributed by atoms with van der Waals surface area (Å²) in [7, 11) is 2.14. The molecule has 1 aliphatic heterocycles. The zero-order valence-corrected chi connectivity index (χ0v) is 17.5. The molecule has 1 saturated heterocycles. The molecule has 0 bridgehead atoms. The van der Waals surface area contributed by atoms with E-state index < -0.39 is 0 Å². The highest BCUT2D eigenvalue weighted by Crippen LogP contribution is 2.38. The fourth-order valence-electron chi connectivity index (χ4n) is 3.38. The number of nitrogens with two attached hydrogens (primary N) is 1. The number of aromatic amines is 1. The monoisotopic (exact) mass is 432 g/mol. The lowest BCUT2D eigenvalue weighted by atomic mass is 10.0. The summed E-state index contributed by atoms with van der Waals surface area (Å²) in [4.78, 5) is 6.33. The van der Waals surface area contributed by atoms with Crippen LogP contribution in [0.25, 0.3) is 11.1 Å². The van der Waals surface area contributed by atoms with Crippen molar-refractivity contribution in [2.75, 3.05) is 31.2 Å². The van der Waals surface area contributed by atoms with E-state index >= 15 is 0 Å². The van der Waals surface area contributed by atoms with Gasteiger partial charge in [-0.05, 0) is 49.7 Å². The standard InChI is InChI=1S/C20H22Cl2N6O/c1-28-8-6-15(7-9-28)29-14-4-2-12(3-5-14)18-16(21)10-13(11-17(18)22)24-20-25-19(23)26-27-20/h2-5,10-11,15H,6-9H2,1H3,(H4,23,24,25,26,27). The number of nitrogen functional groups attached to an aromatic ring is 1. The van der Waals surface area contributed by atoms with Crippen LogP contribution in [0.1, 0.15) is 12.8 Å². The van der Waals surface area contributed by atoms with Gasteiger partial charge in [-0.1, -0.05) is 35.3 Å². The van der Waals surface area contributed by atoms with Crippen molar-refractivity contribution in [2.45, 2.75) is 18.9 Å². The molecule has 29 heavy (non-hydrogen) atoms. The van der Waals surface area contributed by atoms with Crippen LogP contribution in [0.2, 0.25) is 10.0 Å². The molecule has 4 rings (SSSR count). The van der Waals surface area contributed by atoms with Crippen molar-refractivity contribution in [3.05, 3.63) is 46.4 Å². The average Bonchev–Trinajstić information content (AvgIpc) is 3.09. The van der Waals surface area contributed by atoms with Gasteiger partial charge in [-0.2, -0.15) is 4.98 Å². The van der Waals surface area contributed by atoms with Crippen LogP contribution in [-0.2, 0) is 0 Å². The number of piperidine rings is 1. The maximum Gasteiger partial charge on any atom is 0.248 e. The number of aromatic nitrogens is 3. The summed E-state index contributed by atoms with van der Waals surface area (Å²) in [5.74, 6) is 1.43. The van der Waals surface area contributed by atoms with Crippen LogP contribution in [0, 0.1) is 0 Å². The Morgan fingerprint density at radius 3 is 2.38 bits per heavy atom. The SMILES string of the molecule is CN1CCC(Oc2ccc(-c3c(Cl)cc(Nc4n[nH]c(N)n4)cc3Cl)cc2)CC1. The number of halogens is 2. The number of ether oxygens (including phenoxy) is 1. The third kappa shape index (κ3) is 4.75. The second kappa shape index (κ2) is 8.49. The number of hydrogen-bond acceptors (Lipinski definition) is 6. The molecule has 0 unspecified atom stereocenters. The molecule has 0 spiro atoms. The molecule has 0 radical (unpaired) electrons. The van der Waals surface area contributed by atoms with E-state index in [2.05, 4.69) is 32.4 Å². The summed E-state index contributed by atoms with van der Waals surface area (Å²) in [6, 6.07) is 11.4. The molecule has 2 heterocycles. The zero-order chi connectivity index (χ0) is 20.4. The Morgan fingerprint density at radius 1 is 1.14 bits per heavy atom. The summed E-state index contributed by atoms with van der Waals surface area (Å²) in [5, 5.41) is 10.6. The van der Waals surface area contributed by atoms with E-state index in [0.717, 1.165) is 42.8 Å². The van der Waals surface area contributed by atoms with E-state index in [1.165, 1.54) is 0 Å². The van der Waals surface area contributed by atoms with E-state index in [4.69, 9.17) is 33.7 Å². The molecule has 1 aliphatic rings. The molecule has 3 aromatic rings. The Morgan fingerprint density at radius 2 is 1.79 bits per heavy atom. The first-order valence-electron chi connectivity index (χ1n) is 9.37. The van der Waals surface area contributed by atoms with Gasteiger partial charge in [0.25, 0.3) is 0 Å². The highest BCUT2D eigenvalue weighted by atomic mass is 35.5. The summed E-state index contributed by atoms with van der Waals surface area (Å²) in [6.07, 6.45) is 2.35. The maximum atomic E-state index is 6.52. The molecule has 152 valence electrons. The minimum absolute atomic E-state index is 0.226. The number of hydrogen-bond donors (Lipinski definition) is 3. The quantitative estimate of drug-likeness (QED) is 0.546. The first-order valence-corrected chi connectivity index (χ1v) is 10.1. The number of benzene rings is 2. The van der Waals surface area contributed by atoms with Gasteiger partial charge in [0.15, 0.2) is 0 Å². The molecular formula is C20H22Cl2N6O. The molecule has 0 aliphatic carbocycles. The number of nitrogens with zero attached hydrogens (tertiary/aromatic N) is 3. The van der Waals surface area contributed by atoms with Crippen molar-refractivity contribution in [3.8, 4) is 16.9 Å². The second-order valence-corrected chi connectivity index (χ2v) is 7.94. The van der Waals surface area contributed by atoms with E-state index in [0.29, 0.717) is 21.7 Å². The number of rotatable bonds is 5. The van der Waals surface area contributed by atoms with Crippen LogP contribution in [0.15, 0.2) is 36.4 Å². The van der Waals surface area contributed by atoms with Crippen LogP contribution in [0.5, 0.6) is 5.75 Å². The van der Waals surface area contributed by atoms with Gasteiger partial charge in [0.05, 0.1) is 10.0 Å². The Kier molecular flexibility index (Phi) is 5.80. The van der Waals surface area contributed by atoms with Crippen LogP contribution in [-0.4, -0.2) is 46.3 Å².